The molecule has 116 valence electrons. The largest absolute Gasteiger partial charge is 0.388 e. The highest BCUT2D eigenvalue weighted by atomic mass is 32.2. The Bertz CT molecular complexity index is 660. The number of hydrogen-bond donors (Lipinski definition) is 2. The molecule has 2 nitrogen and oxygen atoms in total. The van der Waals surface area contributed by atoms with E-state index in [-0.39, 0.29) is 0 Å². The number of benzene rings is 1. The summed E-state index contributed by atoms with van der Waals surface area (Å²) in [4.78, 5) is 1.43. The molecule has 3 unspecified atom stereocenters. The van der Waals surface area contributed by atoms with E-state index in [4.69, 9.17) is 0 Å². The standard InChI is InChI=1S/C19H24N2S/c1-4-12-7-8-22-17-6-5-14-19(18(12)17)13-10-20-15(11(2)3)9-16(13)21-14/h5-8,10-12,15-16,20-21H,4,9H2,1-3H3. The first-order valence-electron chi connectivity index (χ1n) is 8.42. The van der Waals surface area contributed by atoms with Gasteiger partial charge in [0, 0.05) is 34.3 Å². The maximum absolute atomic E-state index is 3.77. The van der Waals surface area contributed by atoms with Crippen molar-refractivity contribution >= 4 is 23.0 Å². The van der Waals surface area contributed by atoms with Crippen LogP contribution in [0.25, 0.3) is 5.57 Å². The number of thioether (sulfide) groups is 1. The van der Waals surface area contributed by atoms with Gasteiger partial charge < -0.3 is 10.6 Å². The molecule has 0 fully saturated rings. The Morgan fingerprint density at radius 2 is 2.18 bits per heavy atom. The third-order valence-corrected chi connectivity index (χ3v) is 6.17. The first kappa shape index (κ1) is 14.3. The second-order valence-corrected chi connectivity index (χ2v) is 7.86. The second kappa shape index (κ2) is 5.38. The van der Waals surface area contributed by atoms with E-state index < -0.39 is 0 Å². The minimum absolute atomic E-state index is 0.476. The van der Waals surface area contributed by atoms with Crippen molar-refractivity contribution in [1.82, 2.24) is 5.32 Å². The van der Waals surface area contributed by atoms with Crippen molar-refractivity contribution in [1.29, 1.82) is 0 Å². The van der Waals surface area contributed by atoms with E-state index in [1.54, 1.807) is 5.56 Å². The Balaban J connectivity index is 1.79. The highest BCUT2D eigenvalue weighted by Crippen LogP contribution is 2.49. The third kappa shape index (κ3) is 2.10. The summed E-state index contributed by atoms with van der Waals surface area (Å²) in [5, 5.41) is 9.67. The van der Waals surface area contributed by atoms with Crippen molar-refractivity contribution in [2.45, 2.75) is 56.5 Å². The summed E-state index contributed by atoms with van der Waals surface area (Å²) in [5.41, 5.74) is 5.81. The SMILES string of the molecule is CCC1C=CSc2ccc3c(c21)C1=CNC(C(C)C)CC1N3. The molecular formula is C19H24N2S. The van der Waals surface area contributed by atoms with Crippen LogP contribution in [0.15, 0.2) is 34.7 Å². The summed E-state index contributed by atoms with van der Waals surface area (Å²) in [7, 11) is 0. The average molecular weight is 312 g/mol. The Hall–Kier alpha value is -1.35. The number of nitrogens with one attached hydrogen (secondary N) is 2. The maximum Gasteiger partial charge on any atom is 0.0554 e. The van der Waals surface area contributed by atoms with Gasteiger partial charge >= 0.3 is 0 Å². The summed E-state index contributed by atoms with van der Waals surface area (Å²) in [5.74, 6) is 1.22. The van der Waals surface area contributed by atoms with Crippen molar-refractivity contribution in [3.05, 3.63) is 40.9 Å². The molecule has 0 spiro atoms. The lowest BCUT2D eigenvalue weighted by molar-refractivity contribution is 0.400. The first-order valence-corrected chi connectivity index (χ1v) is 9.30. The predicted molar refractivity (Wildman–Crippen MR) is 96.2 cm³/mol. The van der Waals surface area contributed by atoms with Gasteiger partial charge in [0.1, 0.15) is 0 Å². The molecule has 1 aromatic carbocycles. The minimum Gasteiger partial charge on any atom is -0.388 e. The van der Waals surface area contributed by atoms with Gasteiger partial charge in [-0.25, -0.2) is 0 Å². The van der Waals surface area contributed by atoms with Gasteiger partial charge in [-0.15, -0.1) is 0 Å². The van der Waals surface area contributed by atoms with Crippen LogP contribution >= 0.6 is 11.8 Å². The van der Waals surface area contributed by atoms with E-state index >= 15 is 0 Å². The molecule has 0 bridgehead atoms. The van der Waals surface area contributed by atoms with Gasteiger partial charge in [-0.05, 0) is 47.4 Å². The third-order valence-electron chi connectivity index (χ3n) is 5.26. The number of rotatable bonds is 2. The number of hydrogen-bond acceptors (Lipinski definition) is 3. The van der Waals surface area contributed by atoms with Gasteiger partial charge in [0.2, 0.25) is 0 Å². The molecule has 0 aliphatic carbocycles. The Labute approximate surface area is 137 Å². The van der Waals surface area contributed by atoms with Crippen LogP contribution in [-0.4, -0.2) is 12.1 Å². The molecule has 2 N–H and O–H groups in total. The lowest BCUT2D eigenvalue weighted by Crippen LogP contribution is -2.39. The normalized spacial score (nSPS) is 28.4. The molecule has 3 heterocycles. The van der Waals surface area contributed by atoms with Crippen LogP contribution in [0.2, 0.25) is 0 Å². The van der Waals surface area contributed by atoms with Gasteiger partial charge in [0.15, 0.2) is 0 Å². The fraction of sp³-hybridized carbons (Fsp3) is 0.474. The summed E-state index contributed by atoms with van der Waals surface area (Å²) in [6.45, 7) is 6.89. The molecule has 1 aromatic rings. The van der Waals surface area contributed by atoms with Crippen molar-refractivity contribution in [2.75, 3.05) is 5.32 Å². The molecule has 0 aromatic heterocycles. The molecule has 22 heavy (non-hydrogen) atoms. The quantitative estimate of drug-likeness (QED) is 0.807. The zero-order valence-corrected chi connectivity index (χ0v) is 14.3. The highest BCUT2D eigenvalue weighted by molar-refractivity contribution is 8.02. The van der Waals surface area contributed by atoms with E-state index in [0.29, 0.717) is 23.9 Å². The van der Waals surface area contributed by atoms with Crippen molar-refractivity contribution in [2.24, 2.45) is 5.92 Å². The van der Waals surface area contributed by atoms with Gasteiger partial charge in [-0.1, -0.05) is 38.6 Å². The topological polar surface area (TPSA) is 24.1 Å². The lowest BCUT2D eigenvalue weighted by atomic mass is 9.84. The average Bonchev–Trinajstić information content (AvgIpc) is 2.91. The van der Waals surface area contributed by atoms with Crippen LogP contribution in [0, 0.1) is 5.92 Å². The Morgan fingerprint density at radius 3 is 2.95 bits per heavy atom. The monoisotopic (exact) mass is 312 g/mol. The predicted octanol–water partition coefficient (Wildman–Crippen LogP) is 4.95. The molecule has 0 saturated carbocycles. The van der Waals surface area contributed by atoms with E-state index in [1.165, 1.54) is 34.6 Å². The summed E-state index contributed by atoms with van der Waals surface area (Å²) in [6.07, 6.45) is 7.00. The van der Waals surface area contributed by atoms with Crippen molar-refractivity contribution in [3.8, 4) is 0 Å². The molecule has 4 rings (SSSR count). The van der Waals surface area contributed by atoms with Crippen LogP contribution in [0.5, 0.6) is 0 Å². The molecule has 3 aliphatic heterocycles. The molecule has 3 aliphatic rings. The molecule has 0 amide bonds. The molecule has 3 atom stereocenters. The molecule has 0 saturated heterocycles. The van der Waals surface area contributed by atoms with Crippen LogP contribution in [-0.2, 0) is 0 Å². The number of anilines is 1. The zero-order valence-electron chi connectivity index (χ0n) is 13.5. The zero-order chi connectivity index (χ0) is 15.3. The summed E-state index contributed by atoms with van der Waals surface area (Å²) < 4.78 is 0. The lowest BCUT2D eigenvalue weighted by Gasteiger charge is -2.31. The fourth-order valence-corrected chi connectivity index (χ4v) is 4.87. The summed E-state index contributed by atoms with van der Waals surface area (Å²) >= 11 is 1.86. The van der Waals surface area contributed by atoms with Crippen LogP contribution in [0.4, 0.5) is 5.69 Å². The van der Waals surface area contributed by atoms with Crippen LogP contribution in [0.1, 0.15) is 50.7 Å². The Morgan fingerprint density at radius 1 is 1.32 bits per heavy atom. The van der Waals surface area contributed by atoms with Crippen LogP contribution in [0.3, 0.4) is 0 Å². The van der Waals surface area contributed by atoms with E-state index in [9.17, 15) is 0 Å². The van der Waals surface area contributed by atoms with E-state index in [0.717, 1.165) is 0 Å². The van der Waals surface area contributed by atoms with Crippen molar-refractivity contribution < 1.29 is 0 Å². The minimum atomic E-state index is 0.476. The molecule has 3 heteroatoms. The molecular weight excluding hydrogens is 288 g/mol. The van der Waals surface area contributed by atoms with E-state index in [1.807, 2.05) is 11.8 Å². The van der Waals surface area contributed by atoms with E-state index in [2.05, 4.69) is 61.2 Å². The first-order chi connectivity index (χ1) is 10.7. The summed E-state index contributed by atoms with van der Waals surface area (Å²) in [6, 6.07) is 5.62. The smallest absolute Gasteiger partial charge is 0.0554 e. The fourth-order valence-electron chi connectivity index (χ4n) is 3.93. The number of allylic oxidation sites excluding steroid dienone is 1. The number of fused-ring (bicyclic) bond motifs is 5. The Kier molecular flexibility index (Phi) is 3.48. The maximum atomic E-state index is 3.77. The van der Waals surface area contributed by atoms with Gasteiger partial charge in [-0.2, -0.15) is 0 Å². The molecule has 0 radical (unpaired) electrons. The van der Waals surface area contributed by atoms with Gasteiger partial charge in [-0.3, -0.25) is 0 Å². The van der Waals surface area contributed by atoms with Crippen LogP contribution < -0.4 is 10.6 Å². The highest BCUT2D eigenvalue weighted by Gasteiger charge is 2.36. The van der Waals surface area contributed by atoms with Gasteiger partial charge in [0.05, 0.1) is 6.04 Å². The second-order valence-electron chi connectivity index (χ2n) is 6.91. The van der Waals surface area contributed by atoms with Crippen molar-refractivity contribution in [3.63, 3.8) is 0 Å². The van der Waals surface area contributed by atoms with Gasteiger partial charge in [0.25, 0.3) is 0 Å².